The Labute approximate surface area is 131 Å². The number of rotatable bonds is 3. The number of imidazole rings is 1. The van der Waals surface area contributed by atoms with Crippen LogP contribution >= 0.6 is 15.9 Å². The summed E-state index contributed by atoms with van der Waals surface area (Å²) in [6.45, 7) is 3.55. The molecule has 6 nitrogen and oxygen atoms in total. The van der Waals surface area contributed by atoms with Gasteiger partial charge in [-0.25, -0.2) is 4.98 Å². The Morgan fingerprint density at radius 3 is 3.14 bits per heavy atom. The van der Waals surface area contributed by atoms with Crippen molar-refractivity contribution in [3.63, 3.8) is 0 Å². The summed E-state index contributed by atoms with van der Waals surface area (Å²) in [6.07, 6.45) is 4.63. The second-order valence-electron chi connectivity index (χ2n) is 5.25. The summed E-state index contributed by atoms with van der Waals surface area (Å²) in [5, 5.41) is 0. The lowest BCUT2D eigenvalue weighted by molar-refractivity contribution is -0.134. The van der Waals surface area contributed by atoms with Crippen LogP contribution in [0.1, 0.15) is 23.9 Å². The van der Waals surface area contributed by atoms with Crippen LogP contribution in [0.25, 0.3) is 5.52 Å². The predicted octanol–water partition coefficient (Wildman–Crippen LogP) is 1.76. The van der Waals surface area contributed by atoms with Gasteiger partial charge in [-0.05, 0) is 29.3 Å². The van der Waals surface area contributed by atoms with Crippen LogP contribution in [0.4, 0.5) is 0 Å². The van der Waals surface area contributed by atoms with Gasteiger partial charge in [-0.3, -0.25) is 14.2 Å². The molecular weight excluding hydrogens is 336 g/mol. The number of ether oxygens (including phenoxy) is 1. The fraction of sp³-hybridized carbons (Fsp3) is 0.500. The highest BCUT2D eigenvalue weighted by molar-refractivity contribution is 9.10. The van der Waals surface area contributed by atoms with Crippen molar-refractivity contribution >= 4 is 27.4 Å². The first-order valence-corrected chi connectivity index (χ1v) is 7.67. The number of methoxy groups -OCH3 is 1. The van der Waals surface area contributed by atoms with Crippen molar-refractivity contribution < 1.29 is 9.53 Å². The van der Waals surface area contributed by atoms with E-state index in [2.05, 4.69) is 30.3 Å². The van der Waals surface area contributed by atoms with Crippen molar-refractivity contribution in [3.05, 3.63) is 28.5 Å². The van der Waals surface area contributed by atoms with Gasteiger partial charge >= 0.3 is 0 Å². The summed E-state index contributed by atoms with van der Waals surface area (Å²) in [6, 6.07) is 0. The number of carbonyl (C=O) groups excluding carboxylic acids is 1. The van der Waals surface area contributed by atoms with E-state index in [0.717, 1.165) is 34.6 Å². The van der Waals surface area contributed by atoms with Crippen LogP contribution < -0.4 is 0 Å². The smallest absolute Gasteiger partial charge is 0.248 e. The lowest BCUT2D eigenvalue weighted by atomic mass is 10.1. The zero-order valence-corrected chi connectivity index (χ0v) is 13.6. The van der Waals surface area contributed by atoms with Crippen molar-refractivity contribution in [2.24, 2.45) is 0 Å². The summed E-state index contributed by atoms with van der Waals surface area (Å²) in [5.74, 6) is 1.26. The van der Waals surface area contributed by atoms with Gasteiger partial charge in [0.05, 0.1) is 5.69 Å². The van der Waals surface area contributed by atoms with E-state index in [1.54, 1.807) is 13.3 Å². The maximum Gasteiger partial charge on any atom is 0.248 e. The number of fused-ring (bicyclic) bond motifs is 1. The molecule has 0 aromatic carbocycles. The SMILES string of the molecule is COCC(=O)N1CC[C@H](c2nc(Br)c3c(C)nccn23)C1. The number of hydrogen-bond donors (Lipinski definition) is 0. The number of hydrogen-bond acceptors (Lipinski definition) is 4. The van der Waals surface area contributed by atoms with E-state index in [-0.39, 0.29) is 18.4 Å². The van der Waals surface area contributed by atoms with Crippen molar-refractivity contribution in [2.45, 2.75) is 19.3 Å². The topological polar surface area (TPSA) is 59.7 Å². The Kier molecular flexibility index (Phi) is 3.95. The number of halogens is 1. The van der Waals surface area contributed by atoms with E-state index in [1.165, 1.54) is 0 Å². The highest BCUT2D eigenvalue weighted by Crippen LogP contribution is 2.30. The van der Waals surface area contributed by atoms with Gasteiger partial charge < -0.3 is 9.64 Å². The van der Waals surface area contributed by atoms with Gasteiger partial charge in [-0.2, -0.15) is 0 Å². The second kappa shape index (κ2) is 5.73. The van der Waals surface area contributed by atoms with Crippen LogP contribution in [0.15, 0.2) is 17.0 Å². The zero-order chi connectivity index (χ0) is 15.0. The minimum atomic E-state index is 0.0396. The molecule has 0 aliphatic carbocycles. The van der Waals surface area contributed by atoms with E-state index in [1.807, 2.05) is 18.0 Å². The molecule has 1 aliphatic rings. The predicted molar refractivity (Wildman–Crippen MR) is 81.2 cm³/mol. The minimum Gasteiger partial charge on any atom is -0.375 e. The first kappa shape index (κ1) is 14.5. The summed E-state index contributed by atoms with van der Waals surface area (Å²) in [5.41, 5.74) is 1.93. The van der Waals surface area contributed by atoms with Crippen LogP contribution in [-0.4, -0.2) is 52.0 Å². The summed E-state index contributed by atoms with van der Waals surface area (Å²) in [7, 11) is 1.54. The molecule has 3 heterocycles. The fourth-order valence-corrected chi connectivity index (χ4v) is 3.53. The Morgan fingerprint density at radius 1 is 1.57 bits per heavy atom. The van der Waals surface area contributed by atoms with E-state index in [4.69, 9.17) is 4.74 Å². The third-order valence-electron chi connectivity index (χ3n) is 3.90. The largest absolute Gasteiger partial charge is 0.375 e. The van der Waals surface area contributed by atoms with Crippen molar-refractivity contribution in [3.8, 4) is 0 Å². The first-order valence-electron chi connectivity index (χ1n) is 6.87. The monoisotopic (exact) mass is 352 g/mol. The molecule has 3 rings (SSSR count). The minimum absolute atomic E-state index is 0.0396. The molecule has 1 saturated heterocycles. The molecule has 7 heteroatoms. The molecule has 1 amide bonds. The van der Waals surface area contributed by atoms with E-state index in [9.17, 15) is 4.79 Å². The van der Waals surface area contributed by atoms with Crippen molar-refractivity contribution in [2.75, 3.05) is 26.8 Å². The Morgan fingerprint density at radius 2 is 2.38 bits per heavy atom. The molecule has 1 fully saturated rings. The lowest BCUT2D eigenvalue weighted by Gasteiger charge is -2.15. The molecule has 0 radical (unpaired) electrons. The number of amides is 1. The molecule has 112 valence electrons. The molecule has 1 atom stereocenters. The molecule has 0 bridgehead atoms. The number of aryl methyl sites for hydroxylation is 1. The Bertz CT molecular complexity index is 685. The molecule has 2 aromatic rings. The third-order valence-corrected chi connectivity index (χ3v) is 4.45. The molecule has 0 N–H and O–H groups in total. The van der Waals surface area contributed by atoms with Gasteiger partial charge in [0.1, 0.15) is 22.6 Å². The fourth-order valence-electron chi connectivity index (χ4n) is 2.87. The first-order chi connectivity index (χ1) is 10.1. The van der Waals surface area contributed by atoms with Gasteiger partial charge in [0.15, 0.2) is 0 Å². The third kappa shape index (κ3) is 2.55. The highest BCUT2D eigenvalue weighted by atomic mass is 79.9. The van der Waals surface area contributed by atoms with Gasteiger partial charge in [0.2, 0.25) is 5.91 Å². The quantitative estimate of drug-likeness (QED) is 0.844. The van der Waals surface area contributed by atoms with E-state index >= 15 is 0 Å². The van der Waals surface area contributed by atoms with E-state index < -0.39 is 0 Å². The van der Waals surface area contributed by atoms with Gasteiger partial charge in [-0.15, -0.1) is 0 Å². The normalized spacial score (nSPS) is 18.6. The molecule has 2 aromatic heterocycles. The molecule has 0 saturated carbocycles. The van der Waals surface area contributed by atoms with Crippen molar-refractivity contribution in [1.82, 2.24) is 19.3 Å². The Hall–Kier alpha value is -1.47. The molecule has 21 heavy (non-hydrogen) atoms. The molecular formula is C14H17BrN4O2. The number of aromatic nitrogens is 3. The zero-order valence-electron chi connectivity index (χ0n) is 12.0. The number of carbonyl (C=O) groups is 1. The molecule has 1 aliphatic heterocycles. The number of likely N-dealkylation sites (tertiary alicyclic amines) is 1. The van der Waals surface area contributed by atoms with Crippen LogP contribution in [0.3, 0.4) is 0 Å². The molecule has 0 unspecified atom stereocenters. The molecule has 0 spiro atoms. The summed E-state index contributed by atoms with van der Waals surface area (Å²) in [4.78, 5) is 22.7. The second-order valence-corrected chi connectivity index (χ2v) is 6.00. The maximum atomic E-state index is 11.9. The van der Waals surface area contributed by atoms with Crippen LogP contribution in [-0.2, 0) is 9.53 Å². The number of nitrogens with zero attached hydrogens (tertiary/aromatic N) is 4. The summed E-state index contributed by atoms with van der Waals surface area (Å²) >= 11 is 3.51. The van der Waals surface area contributed by atoms with Gasteiger partial charge in [-0.1, -0.05) is 0 Å². The van der Waals surface area contributed by atoms with Gasteiger partial charge in [0, 0.05) is 38.5 Å². The van der Waals surface area contributed by atoms with Crippen molar-refractivity contribution in [1.29, 1.82) is 0 Å². The van der Waals surface area contributed by atoms with Crippen LogP contribution in [0.5, 0.6) is 0 Å². The van der Waals surface area contributed by atoms with Crippen LogP contribution in [0.2, 0.25) is 0 Å². The average molecular weight is 353 g/mol. The van der Waals surface area contributed by atoms with Crippen LogP contribution in [0, 0.1) is 6.92 Å². The Balaban J connectivity index is 1.89. The highest BCUT2D eigenvalue weighted by Gasteiger charge is 2.30. The maximum absolute atomic E-state index is 11.9. The van der Waals surface area contributed by atoms with Gasteiger partial charge in [0.25, 0.3) is 0 Å². The van der Waals surface area contributed by atoms with E-state index in [0.29, 0.717) is 6.54 Å². The standard InChI is InChI=1S/C14H17BrN4O2/c1-9-12-13(15)17-14(19(12)6-4-16-9)10-3-5-18(7-10)11(20)8-21-2/h4,6,10H,3,5,7-8H2,1-2H3/t10-/m0/s1. The lowest BCUT2D eigenvalue weighted by Crippen LogP contribution is -2.31. The summed E-state index contributed by atoms with van der Waals surface area (Å²) < 4.78 is 7.80. The average Bonchev–Trinajstić information content (AvgIpc) is 3.05.